The fourth-order valence-electron chi connectivity index (χ4n) is 7.86. The van der Waals surface area contributed by atoms with E-state index in [0.717, 1.165) is 17.0 Å². The molecule has 2 aliphatic heterocycles. The number of fused-ring (bicyclic) bond motifs is 1. The van der Waals surface area contributed by atoms with Crippen molar-refractivity contribution in [1.29, 1.82) is 0 Å². The number of nitrogens with one attached hydrogen (secondary N) is 7. The van der Waals surface area contributed by atoms with Crippen LogP contribution in [-0.4, -0.2) is 120 Å². The van der Waals surface area contributed by atoms with E-state index in [0.29, 0.717) is 29.6 Å². The van der Waals surface area contributed by atoms with Crippen molar-refractivity contribution in [3.8, 4) is 0 Å². The molecule has 7 N–H and O–H groups in total. The van der Waals surface area contributed by atoms with Gasteiger partial charge in [-0.2, -0.15) is 0 Å². The third kappa shape index (κ3) is 15.1. The number of carbonyl (C=O) groups excluding carboxylic acids is 9. The predicted octanol–water partition coefficient (Wildman–Crippen LogP) is -7.86. The number of H-pyrrole nitrogens is 1. The van der Waals surface area contributed by atoms with Crippen molar-refractivity contribution in [2.75, 3.05) is 31.1 Å². The summed E-state index contributed by atoms with van der Waals surface area (Å²) in [4.78, 5) is 130. The number of benzene rings is 2. The average molecular weight is 972 g/mol. The zero-order valence-electron chi connectivity index (χ0n) is 38.2. The molecule has 0 bridgehead atoms. The molecule has 20 nitrogen and oxygen atoms in total. The van der Waals surface area contributed by atoms with Crippen molar-refractivity contribution in [3.63, 3.8) is 0 Å². The summed E-state index contributed by atoms with van der Waals surface area (Å²) in [5.74, 6) is -10.8. The molecule has 6 atom stereocenters. The molecule has 0 aliphatic carbocycles. The van der Waals surface area contributed by atoms with Gasteiger partial charge in [0.1, 0.15) is 36.3 Å². The Balaban J connectivity index is 0.00000504. The minimum absolute atomic E-state index is 0. The first kappa shape index (κ1) is 55.3. The van der Waals surface area contributed by atoms with Crippen LogP contribution < -0.4 is 106 Å². The molecule has 68 heavy (non-hydrogen) atoms. The van der Waals surface area contributed by atoms with Gasteiger partial charge in [0.15, 0.2) is 0 Å². The molecule has 0 spiro atoms. The predicted molar refractivity (Wildman–Crippen MR) is 235 cm³/mol. The molecule has 2 aromatic carbocycles. The van der Waals surface area contributed by atoms with Crippen LogP contribution in [0.2, 0.25) is 0 Å². The van der Waals surface area contributed by atoms with Crippen LogP contribution in [0, 0.1) is 5.92 Å². The fourth-order valence-corrected chi connectivity index (χ4v) is 8.63. The van der Waals surface area contributed by atoms with E-state index in [4.69, 9.17) is 0 Å². The summed E-state index contributed by atoms with van der Waals surface area (Å²) in [6, 6.07) is 9.57. The Kier molecular flexibility index (Phi) is 21.1. The maximum absolute atomic E-state index is 14.3. The smallest absolute Gasteiger partial charge is 0.550 e. The van der Waals surface area contributed by atoms with Gasteiger partial charge in [0.05, 0.1) is 6.42 Å². The van der Waals surface area contributed by atoms with Crippen molar-refractivity contribution < 1.29 is 112 Å². The van der Waals surface area contributed by atoms with E-state index in [1.54, 1.807) is 55.8 Å². The van der Waals surface area contributed by atoms with Crippen molar-refractivity contribution in [2.45, 2.75) is 82.2 Å². The van der Waals surface area contributed by atoms with Gasteiger partial charge < -0.3 is 66.5 Å². The summed E-state index contributed by atoms with van der Waals surface area (Å²) < 4.78 is 0. The minimum atomic E-state index is -1.95. The number of nitrogens with zero attached hydrogens (tertiary/aromatic N) is 2. The van der Waals surface area contributed by atoms with Crippen LogP contribution in [0.1, 0.15) is 56.0 Å². The Bertz CT molecular complexity index is 2430. The summed E-state index contributed by atoms with van der Waals surface area (Å²) in [6.45, 7) is 4.82. The van der Waals surface area contributed by atoms with E-state index < -0.39 is 109 Å². The summed E-state index contributed by atoms with van der Waals surface area (Å²) in [6.07, 6.45) is -1.52. The van der Waals surface area contributed by atoms with Crippen LogP contribution in [0.3, 0.4) is 0 Å². The van der Waals surface area contributed by atoms with Gasteiger partial charge in [-0.1, -0.05) is 56.3 Å². The molecule has 2 aliphatic rings. The number of hydrogen-bond donors (Lipinski definition) is 7. The number of carboxylic acids is 2. The standard InChI is InChI=1S/C45H53N9O11S.2Na/c1-25(2)19-30-40(60)47-31(20-26-24-46-29-12-7-6-11-28(26)29)41(61)49-33(22-37(56)57)43(63)48-32(21-36(55)54-16-14-53(15-17-54)27-9-4-3-5-10-27)42(62)50-34(23-38(58)59)44(64)52-39(45(65)51-30)35-13-8-18-66-35;;/h3-13,18,24-25,30-34,39,46H,14-17,19-23H2,1-2H3,(H,47,60)(H,48,63)(H,49,61)(H,50,62)(H,51,65)(H,52,64)(H,56,57)(H,58,59);;/q;2*+1/p-2/t30-,31+,32-,33+,34-,39+;;/m0../s1. The zero-order valence-corrected chi connectivity index (χ0v) is 43.0. The van der Waals surface area contributed by atoms with Crippen LogP contribution >= 0.6 is 11.3 Å². The van der Waals surface area contributed by atoms with Crippen LogP contribution in [0.25, 0.3) is 10.9 Å². The molecule has 0 unspecified atom stereocenters. The van der Waals surface area contributed by atoms with Crippen molar-refractivity contribution >= 4 is 81.2 Å². The molecule has 350 valence electrons. The van der Waals surface area contributed by atoms with Gasteiger partial charge in [0.2, 0.25) is 41.4 Å². The maximum atomic E-state index is 14.3. The molecule has 0 radical (unpaired) electrons. The molecular weight excluding hydrogens is 921 g/mol. The molecule has 4 heterocycles. The third-order valence-corrected chi connectivity index (χ3v) is 12.2. The Morgan fingerprint density at radius 2 is 1.13 bits per heavy atom. The average Bonchev–Trinajstić information content (AvgIpc) is 3.97. The van der Waals surface area contributed by atoms with Crippen LogP contribution in [0.15, 0.2) is 78.3 Å². The van der Waals surface area contributed by atoms with Crippen molar-refractivity contribution in [2.24, 2.45) is 5.92 Å². The van der Waals surface area contributed by atoms with E-state index in [1.165, 1.54) is 11.0 Å². The first-order chi connectivity index (χ1) is 31.6. The van der Waals surface area contributed by atoms with Gasteiger partial charge in [-0.3, -0.25) is 33.6 Å². The van der Waals surface area contributed by atoms with E-state index in [2.05, 4.69) is 36.9 Å². The van der Waals surface area contributed by atoms with E-state index in [9.17, 15) is 53.4 Å². The molecule has 7 amide bonds. The van der Waals surface area contributed by atoms with Gasteiger partial charge in [0, 0.05) is 85.0 Å². The van der Waals surface area contributed by atoms with E-state index in [1.807, 2.05) is 35.2 Å². The second-order valence-electron chi connectivity index (χ2n) is 16.5. The topological polar surface area (TPSA) is 294 Å². The second-order valence-corrected chi connectivity index (χ2v) is 17.5. The first-order valence-corrected chi connectivity index (χ1v) is 22.3. The van der Waals surface area contributed by atoms with Gasteiger partial charge in [-0.05, 0) is 47.5 Å². The molecule has 2 fully saturated rings. The molecule has 6 rings (SSSR count). The number of piperazine rings is 1. The van der Waals surface area contributed by atoms with Gasteiger partial charge in [-0.15, -0.1) is 11.3 Å². The van der Waals surface area contributed by atoms with E-state index >= 15 is 0 Å². The summed E-state index contributed by atoms with van der Waals surface area (Å²) in [5, 5.41) is 41.2. The maximum Gasteiger partial charge on any atom is 1.00 e. The summed E-state index contributed by atoms with van der Waals surface area (Å²) in [7, 11) is 0. The number of anilines is 1. The SMILES string of the molecule is CC(C)C[C@@H]1NC(=O)[C@@H](c2cccs2)NC(=O)[C@H](CC(=O)[O-])NC(=O)[C@H](CC(=O)N2CCN(c3ccccc3)CC2)NC(=O)[C@@H](CC(=O)[O-])NC(=O)[C@@H](Cc2c[nH]c3ccccc23)NC1=O.[Na+].[Na+]. The Hall–Kier alpha value is -5.29. The number of aromatic nitrogens is 1. The molecule has 4 aromatic rings. The number of carboxylic acid groups (broad SMARTS) is 2. The van der Waals surface area contributed by atoms with E-state index in [-0.39, 0.29) is 95.8 Å². The minimum Gasteiger partial charge on any atom is -0.550 e. The number of aromatic amines is 1. The van der Waals surface area contributed by atoms with Crippen LogP contribution in [0.5, 0.6) is 0 Å². The molecule has 0 saturated carbocycles. The second kappa shape index (κ2) is 25.9. The van der Waals surface area contributed by atoms with Gasteiger partial charge in [-0.25, -0.2) is 0 Å². The van der Waals surface area contributed by atoms with Gasteiger partial charge in [0.25, 0.3) is 0 Å². The molecular formula is C45H51N9Na2O11S. The van der Waals surface area contributed by atoms with Gasteiger partial charge >= 0.3 is 59.1 Å². The first-order valence-electron chi connectivity index (χ1n) is 21.4. The number of hydrogen-bond acceptors (Lipinski definition) is 13. The molecule has 2 saturated heterocycles. The quantitative estimate of drug-likeness (QED) is 0.0652. The van der Waals surface area contributed by atoms with Crippen molar-refractivity contribution in [1.82, 2.24) is 41.8 Å². The number of aliphatic carboxylic acids is 2. The summed E-state index contributed by atoms with van der Waals surface area (Å²) in [5.41, 5.74) is 2.19. The number of carbonyl (C=O) groups is 9. The Labute approximate surface area is 440 Å². The molecule has 2 aromatic heterocycles. The molecule has 23 heteroatoms. The largest absolute Gasteiger partial charge is 1.00 e. The third-order valence-electron chi connectivity index (χ3n) is 11.2. The number of rotatable bonds is 12. The number of amides is 7. The Morgan fingerprint density at radius 3 is 1.71 bits per heavy atom. The van der Waals surface area contributed by atoms with Crippen LogP contribution in [0.4, 0.5) is 5.69 Å². The Morgan fingerprint density at radius 1 is 0.618 bits per heavy atom. The van der Waals surface area contributed by atoms with Crippen LogP contribution in [-0.2, 0) is 49.6 Å². The number of thiophene rings is 1. The normalized spacial score (nSPS) is 22.2. The zero-order chi connectivity index (χ0) is 47.5. The number of para-hydroxylation sites is 2. The monoisotopic (exact) mass is 971 g/mol. The van der Waals surface area contributed by atoms with Crippen molar-refractivity contribution in [3.05, 3.63) is 88.7 Å². The fraction of sp³-hybridized carbons (Fsp3) is 0.400. The summed E-state index contributed by atoms with van der Waals surface area (Å²) >= 11 is 1.06.